The predicted octanol–water partition coefficient (Wildman–Crippen LogP) is 5.36. The topological polar surface area (TPSA) is 50.6 Å². The number of hydrogen-bond donors (Lipinski definition) is 0. The number of fused-ring (bicyclic) bond motifs is 1. The van der Waals surface area contributed by atoms with Crippen molar-refractivity contribution in [2.75, 3.05) is 13.7 Å². The van der Waals surface area contributed by atoms with Crippen LogP contribution in [0.5, 0.6) is 5.75 Å². The van der Waals surface area contributed by atoms with Crippen LogP contribution in [0.2, 0.25) is 0 Å². The number of aromatic nitrogens is 2. The van der Waals surface area contributed by atoms with E-state index in [1.165, 1.54) is 6.07 Å². The zero-order chi connectivity index (χ0) is 25.8. The Labute approximate surface area is 213 Å². The molecule has 0 bridgehead atoms. The molecule has 2 aromatic carbocycles. The smallest absolute Gasteiger partial charge is 0.223 e. The molecule has 4 rings (SSSR count). The van der Waals surface area contributed by atoms with E-state index >= 15 is 0 Å². The molecule has 0 spiro atoms. The number of benzene rings is 2. The molecule has 0 aliphatic carbocycles. The van der Waals surface area contributed by atoms with Crippen molar-refractivity contribution >= 4 is 5.91 Å². The van der Waals surface area contributed by atoms with Crippen molar-refractivity contribution in [3.05, 3.63) is 76.9 Å². The number of para-hydroxylation sites is 2. The highest BCUT2D eigenvalue weighted by molar-refractivity contribution is 5.76. The van der Waals surface area contributed by atoms with E-state index < -0.39 is 0 Å². The summed E-state index contributed by atoms with van der Waals surface area (Å²) in [7, 11) is 1.66. The lowest BCUT2D eigenvalue weighted by atomic mass is 10.0. The van der Waals surface area contributed by atoms with Crippen molar-refractivity contribution in [3.8, 4) is 11.4 Å². The molecule has 1 aliphatic heterocycles. The largest absolute Gasteiger partial charge is 0.494 e. The van der Waals surface area contributed by atoms with Crippen molar-refractivity contribution in [1.82, 2.24) is 19.6 Å². The number of carbonyl (C=O) groups excluding carboxylic acids is 1. The van der Waals surface area contributed by atoms with Crippen molar-refractivity contribution in [3.63, 3.8) is 0 Å². The van der Waals surface area contributed by atoms with Gasteiger partial charge in [0.25, 0.3) is 0 Å². The summed E-state index contributed by atoms with van der Waals surface area (Å²) < 4.78 is 22.0. The summed E-state index contributed by atoms with van der Waals surface area (Å²) in [6.45, 7) is 10.6. The summed E-state index contributed by atoms with van der Waals surface area (Å²) in [5.74, 6) is 0.993. The molecule has 36 heavy (non-hydrogen) atoms. The van der Waals surface area contributed by atoms with Crippen LogP contribution in [-0.4, -0.2) is 45.2 Å². The quantitative estimate of drug-likeness (QED) is 0.403. The maximum atomic E-state index is 14.4. The SMILES string of the molecule is COc1ccccc1-n1nc(CN(C(=O)CC(C)C)C(C)C)c2c1CCN(Cc1ccccc1F)C2. The predicted molar refractivity (Wildman–Crippen MR) is 139 cm³/mol. The van der Waals surface area contributed by atoms with Gasteiger partial charge in [0.2, 0.25) is 5.91 Å². The highest BCUT2D eigenvalue weighted by Gasteiger charge is 2.29. The molecule has 7 heteroatoms. The maximum absolute atomic E-state index is 14.4. The fraction of sp³-hybridized carbons (Fsp3) is 0.448. The average molecular weight is 493 g/mol. The van der Waals surface area contributed by atoms with Crippen LogP contribution in [0.1, 0.15) is 56.6 Å². The molecular weight excluding hydrogens is 455 g/mol. The number of nitrogens with zero attached hydrogens (tertiary/aromatic N) is 4. The van der Waals surface area contributed by atoms with Crippen LogP contribution in [0.15, 0.2) is 48.5 Å². The van der Waals surface area contributed by atoms with Crippen LogP contribution in [0.3, 0.4) is 0 Å². The molecular formula is C29H37FN4O2. The number of hydrogen-bond acceptors (Lipinski definition) is 4. The molecule has 192 valence electrons. The third kappa shape index (κ3) is 5.62. The third-order valence-electron chi connectivity index (χ3n) is 6.73. The van der Waals surface area contributed by atoms with E-state index in [0.29, 0.717) is 31.6 Å². The van der Waals surface area contributed by atoms with E-state index in [9.17, 15) is 9.18 Å². The van der Waals surface area contributed by atoms with E-state index in [1.807, 2.05) is 59.8 Å². The van der Waals surface area contributed by atoms with Gasteiger partial charge in [-0.15, -0.1) is 0 Å². The van der Waals surface area contributed by atoms with Gasteiger partial charge >= 0.3 is 0 Å². The Hall–Kier alpha value is -3.19. The fourth-order valence-corrected chi connectivity index (χ4v) is 4.86. The Balaban J connectivity index is 1.72. The Morgan fingerprint density at radius 1 is 1.11 bits per heavy atom. The molecule has 1 amide bonds. The van der Waals surface area contributed by atoms with Crippen molar-refractivity contribution in [2.24, 2.45) is 5.92 Å². The van der Waals surface area contributed by atoms with Gasteiger partial charge in [-0.05, 0) is 38.0 Å². The molecule has 0 unspecified atom stereocenters. The van der Waals surface area contributed by atoms with Crippen LogP contribution in [0.4, 0.5) is 4.39 Å². The molecule has 0 fully saturated rings. The van der Waals surface area contributed by atoms with E-state index in [-0.39, 0.29) is 23.7 Å². The summed E-state index contributed by atoms with van der Waals surface area (Å²) >= 11 is 0. The van der Waals surface area contributed by atoms with Crippen LogP contribution >= 0.6 is 0 Å². The fourth-order valence-electron chi connectivity index (χ4n) is 4.86. The summed E-state index contributed by atoms with van der Waals surface area (Å²) in [5.41, 5.74) is 4.70. The Kier molecular flexibility index (Phi) is 8.09. The van der Waals surface area contributed by atoms with Crippen molar-refractivity contribution in [1.29, 1.82) is 0 Å². The van der Waals surface area contributed by atoms with E-state index in [4.69, 9.17) is 9.84 Å². The van der Waals surface area contributed by atoms with Gasteiger partial charge in [0.05, 0.1) is 25.0 Å². The number of methoxy groups -OCH3 is 1. The number of halogens is 1. The first kappa shape index (κ1) is 25.9. The molecule has 6 nitrogen and oxygen atoms in total. The molecule has 0 atom stereocenters. The lowest BCUT2D eigenvalue weighted by molar-refractivity contribution is -0.134. The average Bonchev–Trinajstić information content (AvgIpc) is 3.20. The standard InChI is InChI=1S/C29H37FN4O2/c1-20(2)16-29(35)33(21(3)4)19-25-23-18-32(17-22-10-6-7-11-24(22)30)15-14-26(23)34(31-25)27-12-8-9-13-28(27)36-5/h6-13,20-21H,14-19H2,1-5H3. The number of ether oxygens (including phenoxy) is 1. The molecule has 3 aromatic rings. The molecule has 0 radical (unpaired) electrons. The van der Waals surface area contributed by atoms with Crippen molar-refractivity contribution in [2.45, 2.75) is 66.2 Å². The number of amides is 1. The summed E-state index contributed by atoms with van der Waals surface area (Å²) in [6, 6.07) is 14.9. The van der Waals surface area contributed by atoms with Gasteiger partial charge in [0.15, 0.2) is 0 Å². The van der Waals surface area contributed by atoms with Gasteiger partial charge in [0, 0.05) is 49.6 Å². The van der Waals surface area contributed by atoms with Gasteiger partial charge < -0.3 is 9.64 Å². The van der Waals surface area contributed by atoms with Gasteiger partial charge in [-0.25, -0.2) is 9.07 Å². The summed E-state index contributed by atoms with van der Waals surface area (Å²) in [4.78, 5) is 17.3. The lowest BCUT2D eigenvalue weighted by Crippen LogP contribution is -2.38. The van der Waals surface area contributed by atoms with Gasteiger partial charge in [0.1, 0.15) is 17.3 Å². The normalized spacial score (nSPS) is 13.8. The monoisotopic (exact) mass is 492 g/mol. The Morgan fingerprint density at radius 2 is 1.83 bits per heavy atom. The second kappa shape index (κ2) is 11.2. The highest BCUT2D eigenvalue weighted by atomic mass is 19.1. The van der Waals surface area contributed by atoms with Crippen LogP contribution in [0, 0.1) is 11.7 Å². The molecule has 1 aliphatic rings. The number of rotatable bonds is 9. The first-order valence-electron chi connectivity index (χ1n) is 12.8. The van der Waals surface area contributed by atoms with Gasteiger partial charge in [-0.1, -0.05) is 44.2 Å². The first-order valence-corrected chi connectivity index (χ1v) is 12.8. The second-order valence-corrected chi connectivity index (χ2v) is 10.2. The van der Waals surface area contributed by atoms with Crippen LogP contribution in [0.25, 0.3) is 5.69 Å². The molecule has 1 aromatic heterocycles. The minimum Gasteiger partial charge on any atom is -0.494 e. The van der Waals surface area contributed by atoms with Crippen LogP contribution in [-0.2, 0) is 30.8 Å². The Bertz CT molecular complexity index is 1200. The second-order valence-electron chi connectivity index (χ2n) is 10.2. The molecule has 0 saturated heterocycles. The van der Waals surface area contributed by atoms with Crippen LogP contribution < -0.4 is 4.74 Å². The summed E-state index contributed by atoms with van der Waals surface area (Å²) in [6.07, 6.45) is 1.28. The summed E-state index contributed by atoms with van der Waals surface area (Å²) in [5, 5.41) is 5.06. The van der Waals surface area contributed by atoms with Crippen molar-refractivity contribution < 1.29 is 13.9 Å². The minimum atomic E-state index is -0.182. The molecule has 0 saturated carbocycles. The van der Waals surface area contributed by atoms with E-state index in [1.54, 1.807) is 13.2 Å². The number of carbonyl (C=O) groups is 1. The zero-order valence-electron chi connectivity index (χ0n) is 22.0. The highest BCUT2D eigenvalue weighted by Crippen LogP contribution is 2.31. The van der Waals surface area contributed by atoms with Gasteiger partial charge in [-0.2, -0.15) is 5.10 Å². The first-order chi connectivity index (χ1) is 17.3. The third-order valence-corrected chi connectivity index (χ3v) is 6.73. The minimum absolute atomic E-state index is 0.0569. The van der Waals surface area contributed by atoms with Gasteiger partial charge in [-0.3, -0.25) is 9.69 Å². The molecule has 0 N–H and O–H groups in total. The zero-order valence-corrected chi connectivity index (χ0v) is 22.0. The lowest BCUT2D eigenvalue weighted by Gasteiger charge is -2.30. The maximum Gasteiger partial charge on any atom is 0.223 e. The molecule has 2 heterocycles. The Morgan fingerprint density at radius 3 is 2.53 bits per heavy atom. The van der Waals surface area contributed by atoms with E-state index in [2.05, 4.69) is 18.7 Å². The van der Waals surface area contributed by atoms with E-state index in [0.717, 1.165) is 41.4 Å².